The number of methoxy groups -OCH3 is 1. The van der Waals surface area contributed by atoms with Crippen molar-refractivity contribution in [2.45, 2.75) is 70.5 Å². The molecule has 3 heteroatoms. The van der Waals surface area contributed by atoms with Crippen LogP contribution in [0.5, 0.6) is 0 Å². The number of ether oxygens (including phenoxy) is 2. The van der Waals surface area contributed by atoms with E-state index in [2.05, 4.69) is 48.1 Å². The van der Waals surface area contributed by atoms with E-state index in [-0.39, 0.29) is 18.2 Å². The Morgan fingerprint density at radius 2 is 1.68 bits per heavy atom. The molecule has 1 saturated heterocycles. The minimum absolute atomic E-state index is 0.106. The van der Waals surface area contributed by atoms with Crippen molar-refractivity contribution >= 4 is 5.97 Å². The van der Waals surface area contributed by atoms with E-state index >= 15 is 0 Å². The second kappa shape index (κ2) is 12.2. The first-order valence-corrected chi connectivity index (χ1v) is 8.47. The molecule has 0 amide bonds. The fraction of sp³-hybridized carbons (Fsp3) is 0.632. The molecule has 0 saturated carbocycles. The highest BCUT2D eigenvalue weighted by Gasteiger charge is 2.45. The first kappa shape index (κ1) is 18.7. The largest absolute Gasteiger partial charge is 0.467 e. The second-order valence-corrected chi connectivity index (χ2v) is 5.55. The van der Waals surface area contributed by atoms with Crippen LogP contribution in [0.3, 0.4) is 0 Å². The van der Waals surface area contributed by atoms with Gasteiger partial charge in [0, 0.05) is 0 Å². The molecule has 1 heterocycles. The zero-order valence-corrected chi connectivity index (χ0v) is 14.0. The Hall–Kier alpha value is -1.35. The molecule has 0 aromatic carbocycles. The second-order valence-electron chi connectivity index (χ2n) is 5.55. The molecule has 1 aliphatic rings. The predicted molar refractivity (Wildman–Crippen MR) is 90.7 cm³/mol. The lowest BCUT2D eigenvalue weighted by molar-refractivity contribution is -0.142. The van der Waals surface area contributed by atoms with Gasteiger partial charge in [-0.05, 0) is 38.5 Å². The summed E-state index contributed by atoms with van der Waals surface area (Å²) < 4.78 is 9.92. The summed E-state index contributed by atoms with van der Waals surface area (Å²) in [6.45, 7) is 2.15. The smallest absolute Gasteiger partial charge is 0.337 e. The summed E-state index contributed by atoms with van der Waals surface area (Å²) in [4.78, 5) is 11.2. The zero-order chi connectivity index (χ0) is 16.0. The van der Waals surface area contributed by atoms with Crippen molar-refractivity contribution in [2.75, 3.05) is 7.11 Å². The Kier molecular flexibility index (Phi) is 10.4. The third kappa shape index (κ3) is 8.83. The molecule has 0 aromatic heterocycles. The highest BCUT2D eigenvalue weighted by atomic mass is 16.6. The standard InChI is InChI=1S/C19H30O3/c1-3-4-5-6-7-8-9-10-11-12-13-14-15-16-17-18(22-17)19(20)21-2/h4-5,7-8,10-11,17-18H,3,6,9,12-16H2,1-2H3/b5-4-,8-7-,11-10-. The number of epoxide rings is 1. The van der Waals surface area contributed by atoms with Crippen LogP contribution in [0.25, 0.3) is 0 Å². The molecule has 124 valence electrons. The summed E-state index contributed by atoms with van der Waals surface area (Å²) >= 11 is 0. The molecule has 1 fully saturated rings. The molecular formula is C19H30O3. The minimum atomic E-state index is -0.288. The number of carbonyl (C=O) groups excluding carboxylic acids is 1. The summed E-state index contributed by atoms with van der Waals surface area (Å²) in [5.74, 6) is -0.230. The fourth-order valence-electron chi connectivity index (χ4n) is 2.30. The monoisotopic (exact) mass is 306 g/mol. The van der Waals surface area contributed by atoms with Gasteiger partial charge in [0.05, 0.1) is 13.2 Å². The van der Waals surface area contributed by atoms with Gasteiger partial charge in [0.15, 0.2) is 6.10 Å². The number of rotatable bonds is 12. The lowest BCUT2D eigenvalue weighted by atomic mass is 10.1. The average molecular weight is 306 g/mol. The summed E-state index contributed by atoms with van der Waals surface area (Å²) in [6.07, 6.45) is 21.9. The first-order valence-electron chi connectivity index (χ1n) is 8.47. The van der Waals surface area contributed by atoms with Gasteiger partial charge in [0.1, 0.15) is 0 Å². The Balaban J connectivity index is 1.86. The Labute approximate surface area is 135 Å². The van der Waals surface area contributed by atoms with Crippen LogP contribution in [-0.4, -0.2) is 25.3 Å². The molecule has 0 N–H and O–H groups in total. The number of allylic oxidation sites excluding steroid dienone is 6. The van der Waals surface area contributed by atoms with Gasteiger partial charge in [0.25, 0.3) is 0 Å². The molecule has 3 nitrogen and oxygen atoms in total. The first-order chi connectivity index (χ1) is 10.8. The van der Waals surface area contributed by atoms with Gasteiger partial charge >= 0.3 is 5.97 Å². The van der Waals surface area contributed by atoms with Crippen LogP contribution in [0.1, 0.15) is 58.3 Å². The van der Waals surface area contributed by atoms with E-state index in [1.165, 1.54) is 20.0 Å². The highest BCUT2D eigenvalue weighted by Crippen LogP contribution is 2.28. The van der Waals surface area contributed by atoms with Crippen LogP contribution in [-0.2, 0) is 14.3 Å². The number of esters is 1. The van der Waals surface area contributed by atoms with Gasteiger partial charge in [-0.2, -0.15) is 0 Å². The van der Waals surface area contributed by atoms with E-state index in [4.69, 9.17) is 4.74 Å². The maximum Gasteiger partial charge on any atom is 0.337 e. The topological polar surface area (TPSA) is 38.8 Å². The van der Waals surface area contributed by atoms with Gasteiger partial charge in [-0.15, -0.1) is 0 Å². The lowest BCUT2D eigenvalue weighted by Crippen LogP contribution is -2.11. The van der Waals surface area contributed by atoms with Gasteiger partial charge in [-0.1, -0.05) is 56.2 Å². The SMILES string of the molecule is CC/C=C\C/C=C\C/C=C\CCCCCC1OC1C(=O)OC. The summed E-state index contributed by atoms with van der Waals surface area (Å²) in [7, 11) is 1.41. The molecular weight excluding hydrogens is 276 g/mol. The Morgan fingerprint density at radius 3 is 2.36 bits per heavy atom. The fourth-order valence-corrected chi connectivity index (χ4v) is 2.30. The van der Waals surface area contributed by atoms with Gasteiger partial charge < -0.3 is 9.47 Å². The maximum absolute atomic E-state index is 11.2. The number of unbranched alkanes of at least 4 members (excludes halogenated alkanes) is 3. The van der Waals surface area contributed by atoms with Crippen molar-refractivity contribution < 1.29 is 14.3 Å². The molecule has 0 radical (unpaired) electrons. The maximum atomic E-state index is 11.2. The van der Waals surface area contributed by atoms with Crippen molar-refractivity contribution in [3.63, 3.8) is 0 Å². The van der Waals surface area contributed by atoms with Crippen LogP contribution in [0.4, 0.5) is 0 Å². The van der Waals surface area contributed by atoms with Crippen LogP contribution in [0, 0.1) is 0 Å². The molecule has 0 spiro atoms. The van der Waals surface area contributed by atoms with Crippen LogP contribution in [0.2, 0.25) is 0 Å². The van der Waals surface area contributed by atoms with E-state index in [1.54, 1.807) is 0 Å². The van der Waals surface area contributed by atoms with Gasteiger partial charge in [-0.25, -0.2) is 4.79 Å². The number of hydrogen-bond donors (Lipinski definition) is 0. The molecule has 0 aromatic rings. The van der Waals surface area contributed by atoms with E-state index in [0.29, 0.717) is 0 Å². The third-order valence-electron chi connectivity index (χ3n) is 3.66. The van der Waals surface area contributed by atoms with E-state index in [0.717, 1.165) is 38.5 Å². The molecule has 0 aliphatic carbocycles. The molecule has 22 heavy (non-hydrogen) atoms. The van der Waals surface area contributed by atoms with Crippen LogP contribution >= 0.6 is 0 Å². The Bertz CT molecular complexity index is 382. The average Bonchev–Trinajstić information content (AvgIpc) is 3.30. The highest BCUT2D eigenvalue weighted by molar-refractivity contribution is 5.77. The van der Waals surface area contributed by atoms with Crippen molar-refractivity contribution in [3.8, 4) is 0 Å². The molecule has 0 bridgehead atoms. The predicted octanol–water partition coefficient (Wildman–Crippen LogP) is 4.74. The quantitative estimate of drug-likeness (QED) is 0.226. The normalized spacial score (nSPS) is 21.2. The van der Waals surface area contributed by atoms with Crippen LogP contribution in [0.15, 0.2) is 36.5 Å². The number of carbonyl (C=O) groups is 1. The van der Waals surface area contributed by atoms with Crippen molar-refractivity contribution in [1.29, 1.82) is 0 Å². The van der Waals surface area contributed by atoms with E-state index in [9.17, 15) is 4.79 Å². The van der Waals surface area contributed by atoms with Gasteiger partial charge in [0.2, 0.25) is 0 Å². The minimum Gasteiger partial charge on any atom is -0.467 e. The van der Waals surface area contributed by atoms with E-state index < -0.39 is 0 Å². The van der Waals surface area contributed by atoms with Crippen molar-refractivity contribution in [2.24, 2.45) is 0 Å². The third-order valence-corrected chi connectivity index (χ3v) is 3.66. The lowest BCUT2D eigenvalue weighted by Gasteiger charge is -1.96. The molecule has 2 unspecified atom stereocenters. The summed E-state index contributed by atoms with van der Waals surface area (Å²) in [5.41, 5.74) is 0. The molecule has 2 atom stereocenters. The molecule has 1 rings (SSSR count). The zero-order valence-electron chi connectivity index (χ0n) is 14.0. The van der Waals surface area contributed by atoms with Crippen LogP contribution < -0.4 is 0 Å². The van der Waals surface area contributed by atoms with Crippen molar-refractivity contribution in [1.82, 2.24) is 0 Å². The Morgan fingerprint density at radius 1 is 1.00 bits per heavy atom. The molecule has 1 aliphatic heterocycles. The van der Waals surface area contributed by atoms with E-state index in [1.807, 2.05) is 0 Å². The van der Waals surface area contributed by atoms with Crippen molar-refractivity contribution in [3.05, 3.63) is 36.5 Å². The number of hydrogen-bond acceptors (Lipinski definition) is 3. The summed E-state index contributed by atoms with van der Waals surface area (Å²) in [6, 6.07) is 0. The summed E-state index contributed by atoms with van der Waals surface area (Å²) in [5, 5.41) is 0. The van der Waals surface area contributed by atoms with Gasteiger partial charge in [-0.3, -0.25) is 0 Å².